The zero-order chi connectivity index (χ0) is 13.7. The summed E-state index contributed by atoms with van der Waals surface area (Å²) in [6.45, 7) is 8.44. The maximum atomic E-state index is 4.56. The number of hydrogen-bond donors (Lipinski definition) is 1. The van der Waals surface area contributed by atoms with Crippen LogP contribution in [0.3, 0.4) is 0 Å². The summed E-state index contributed by atoms with van der Waals surface area (Å²) >= 11 is 1.71. The van der Waals surface area contributed by atoms with Crippen LogP contribution in [0.15, 0.2) is 17.9 Å². The zero-order valence-electron chi connectivity index (χ0n) is 11.9. The molecule has 4 nitrogen and oxygen atoms in total. The fourth-order valence-electron chi connectivity index (χ4n) is 2.19. The molecule has 0 aliphatic heterocycles. The summed E-state index contributed by atoms with van der Waals surface area (Å²) in [4.78, 5) is 10.2. The third kappa shape index (κ3) is 3.22. The van der Waals surface area contributed by atoms with Gasteiger partial charge in [-0.2, -0.15) is 0 Å². The molecule has 2 rings (SSSR count). The number of aryl methyl sites for hydroxylation is 2. The zero-order valence-corrected chi connectivity index (χ0v) is 12.7. The van der Waals surface area contributed by atoms with Gasteiger partial charge in [0.25, 0.3) is 0 Å². The van der Waals surface area contributed by atoms with Crippen LogP contribution in [-0.4, -0.2) is 21.1 Å². The predicted octanol–water partition coefficient (Wildman–Crippen LogP) is 3.15. The fourth-order valence-corrected chi connectivity index (χ4v) is 3.06. The first-order valence-electron chi connectivity index (χ1n) is 6.92. The first-order chi connectivity index (χ1) is 9.27. The molecular weight excluding hydrogens is 256 g/mol. The molecular formula is C14H22N4S. The summed E-state index contributed by atoms with van der Waals surface area (Å²) in [5, 5.41) is 3.60. The SMILES string of the molecule is CCCNC(c1scnc1C)c1nccn1CCC. The maximum Gasteiger partial charge on any atom is 0.131 e. The van der Waals surface area contributed by atoms with Crippen LogP contribution in [0.4, 0.5) is 0 Å². The van der Waals surface area contributed by atoms with Crippen LogP contribution >= 0.6 is 11.3 Å². The quantitative estimate of drug-likeness (QED) is 0.846. The monoisotopic (exact) mass is 278 g/mol. The Hall–Kier alpha value is -1.20. The fraction of sp³-hybridized carbons (Fsp3) is 0.571. The second-order valence-corrected chi connectivity index (χ2v) is 5.55. The minimum atomic E-state index is 0.161. The molecule has 0 radical (unpaired) electrons. The Labute approximate surface area is 118 Å². The van der Waals surface area contributed by atoms with E-state index in [0.29, 0.717) is 0 Å². The number of hydrogen-bond acceptors (Lipinski definition) is 4. The van der Waals surface area contributed by atoms with E-state index in [4.69, 9.17) is 0 Å². The van der Waals surface area contributed by atoms with E-state index in [9.17, 15) is 0 Å². The highest BCUT2D eigenvalue weighted by molar-refractivity contribution is 7.09. The van der Waals surface area contributed by atoms with E-state index in [1.165, 1.54) is 4.88 Å². The second kappa shape index (κ2) is 6.82. The largest absolute Gasteiger partial charge is 0.333 e. The van der Waals surface area contributed by atoms with Crippen LogP contribution in [-0.2, 0) is 6.54 Å². The minimum Gasteiger partial charge on any atom is -0.333 e. The van der Waals surface area contributed by atoms with Crippen molar-refractivity contribution in [2.75, 3.05) is 6.54 Å². The van der Waals surface area contributed by atoms with Crippen LogP contribution < -0.4 is 5.32 Å². The first-order valence-corrected chi connectivity index (χ1v) is 7.80. The third-order valence-corrected chi connectivity index (χ3v) is 4.11. The Bertz CT molecular complexity index is 503. The molecule has 1 atom stereocenters. The highest BCUT2D eigenvalue weighted by atomic mass is 32.1. The molecule has 0 saturated heterocycles. The Morgan fingerprint density at radius 3 is 2.79 bits per heavy atom. The van der Waals surface area contributed by atoms with Crippen molar-refractivity contribution < 1.29 is 0 Å². The topological polar surface area (TPSA) is 42.7 Å². The van der Waals surface area contributed by atoms with Crippen molar-refractivity contribution in [3.8, 4) is 0 Å². The average molecular weight is 278 g/mol. The van der Waals surface area contributed by atoms with Crippen LogP contribution in [0.2, 0.25) is 0 Å². The lowest BCUT2D eigenvalue weighted by Gasteiger charge is -2.19. The number of nitrogens with zero attached hydrogens (tertiary/aromatic N) is 3. The summed E-state index contributed by atoms with van der Waals surface area (Å²) in [7, 11) is 0. The molecule has 2 aromatic rings. The molecule has 1 unspecified atom stereocenters. The Balaban J connectivity index is 2.31. The molecule has 0 saturated carbocycles. The van der Waals surface area contributed by atoms with E-state index >= 15 is 0 Å². The van der Waals surface area contributed by atoms with Gasteiger partial charge in [-0.1, -0.05) is 13.8 Å². The van der Waals surface area contributed by atoms with Crippen molar-refractivity contribution in [3.63, 3.8) is 0 Å². The van der Waals surface area contributed by atoms with E-state index in [-0.39, 0.29) is 6.04 Å². The number of nitrogens with one attached hydrogen (secondary N) is 1. The molecule has 0 fully saturated rings. The van der Waals surface area contributed by atoms with Gasteiger partial charge in [0.15, 0.2) is 0 Å². The Kier molecular flexibility index (Phi) is 5.10. The lowest BCUT2D eigenvalue weighted by Crippen LogP contribution is -2.26. The van der Waals surface area contributed by atoms with E-state index < -0.39 is 0 Å². The molecule has 5 heteroatoms. The number of rotatable bonds is 7. The average Bonchev–Trinajstić information content (AvgIpc) is 3.01. The number of imidazole rings is 1. The molecule has 2 heterocycles. The summed E-state index contributed by atoms with van der Waals surface area (Å²) in [6, 6.07) is 0.161. The highest BCUT2D eigenvalue weighted by Crippen LogP contribution is 2.27. The van der Waals surface area contributed by atoms with E-state index in [1.807, 2.05) is 11.7 Å². The lowest BCUT2D eigenvalue weighted by atomic mass is 10.2. The van der Waals surface area contributed by atoms with E-state index in [0.717, 1.165) is 37.4 Å². The standard InChI is InChI=1S/C14H22N4S/c1-4-6-15-12(13-11(3)17-10-19-13)14-16-7-9-18(14)8-5-2/h7,9-10,12,15H,4-6,8H2,1-3H3. The predicted molar refractivity (Wildman–Crippen MR) is 79.5 cm³/mol. The van der Waals surface area contributed by atoms with Crippen LogP contribution in [0.5, 0.6) is 0 Å². The molecule has 0 aliphatic rings. The molecule has 0 bridgehead atoms. The lowest BCUT2D eigenvalue weighted by molar-refractivity contribution is 0.533. The molecule has 0 aliphatic carbocycles. The first kappa shape index (κ1) is 14.2. The van der Waals surface area contributed by atoms with Crippen LogP contribution in [0, 0.1) is 6.92 Å². The third-order valence-electron chi connectivity index (χ3n) is 3.11. The van der Waals surface area contributed by atoms with Gasteiger partial charge in [-0.15, -0.1) is 11.3 Å². The Morgan fingerprint density at radius 1 is 1.32 bits per heavy atom. The van der Waals surface area contributed by atoms with Gasteiger partial charge in [-0.25, -0.2) is 9.97 Å². The second-order valence-electron chi connectivity index (χ2n) is 4.67. The summed E-state index contributed by atoms with van der Waals surface area (Å²) in [5.74, 6) is 1.10. The molecule has 2 aromatic heterocycles. The van der Waals surface area contributed by atoms with Gasteiger partial charge in [0, 0.05) is 18.9 Å². The smallest absolute Gasteiger partial charge is 0.131 e. The van der Waals surface area contributed by atoms with Crippen molar-refractivity contribution in [1.82, 2.24) is 19.9 Å². The molecule has 0 spiro atoms. The maximum absolute atomic E-state index is 4.56. The van der Waals surface area contributed by atoms with Crippen molar-refractivity contribution >= 4 is 11.3 Å². The molecule has 0 aromatic carbocycles. The van der Waals surface area contributed by atoms with Crippen LogP contribution in [0.1, 0.15) is 49.1 Å². The summed E-state index contributed by atoms with van der Waals surface area (Å²) < 4.78 is 2.24. The molecule has 0 amide bonds. The normalized spacial score (nSPS) is 12.8. The summed E-state index contributed by atoms with van der Waals surface area (Å²) in [6.07, 6.45) is 6.19. The molecule has 104 valence electrons. The van der Waals surface area contributed by atoms with Gasteiger partial charge >= 0.3 is 0 Å². The minimum absolute atomic E-state index is 0.161. The Morgan fingerprint density at radius 2 is 2.16 bits per heavy atom. The van der Waals surface area contributed by atoms with Gasteiger partial charge in [-0.3, -0.25) is 0 Å². The van der Waals surface area contributed by atoms with Crippen molar-refractivity contribution in [1.29, 1.82) is 0 Å². The highest BCUT2D eigenvalue weighted by Gasteiger charge is 2.21. The van der Waals surface area contributed by atoms with Gasteiger partial charge < -0.3 is 9.88 Å². The van der Waals surface area contributed by atoms with Crippen molar-refractivity contribution in [3.05, 3.63) is 34.3 Å². The summed E-state index contributed by atoms with van der Waals surface area (Å²) in [5.41, 5.74) is 3.02. The van der Waals surface area contributed by atoms with Gasteiger partial charge in [0.05, 0.1) is 16.1 Å². The van der Waals surface area contributed by atoms with Gasteiger partial charge in [0.1, 0.15) is 11.9 Å². The van der Waals surface area contributed by atoms with E-state index in [1.54, 1.807) is 11.3 Å². The number of thiazole rings is 1. The van der Waals surface area contributed by atoms with Crippen molar-refractivity contribution in [2.45, 2.75) is 46.2 Å². The van der Waals surface area contributed by atoms with Crippen LogP contribution in [0.25, 0.3) is 0 Å². The van der Waals surface area contributed by atoms with Gasteiger partial charge in [0.2, 0.25) is 0 Å². The number of aromatic nitrogens is 3. The van der Waals surface area contributed by atoms with Gasteiger partial charge in [-0.05, 0) is 26.3 Å². The van der Waals surface area contributed by atoms with E-state index in [2.05, 4.69) is 46.8 Å². The van der Waals surface area contributed by atoms with Crippen molar-refractivity contribution in [2.24, 2.45) is 0 Å². The molecule has 19 heavy (non-hydrogen) atoms. The molecule has 1 N–H and O–H groups in total.